The van der Waals surface area contributed by atoms with Gasteiger partial charge in [-0.1, -0.05) is 100 Å². The fraction of sp³-hybridized carbons (Fsp3) is 0.613. The van der Waals surface area contributed by atoms with Crippen LogP contribution in [0.3, 0.4) is 0 Å². The summed E-state index contributed by atoms with van der Waals surface area (Å²) in [6.07, 6.45) is 18.1. The van der Waals surface area contributed by atoms with Crippen molar-refractivity contribution in [1.29, 1.82) is 0 Å². The van der Waals surface area contributed by atoms with Crippen LogP contribution in [0.2, 0.25) is 0 Å². The molecule has 196 valence electrons. The Morgan fingerprint density at radius 2 is 1.11 bits per heavy atom. The van der Waals surface area contributed by atoms with Crippen LogP contribution >= 0.6 is 0 Å². The molecule has 3 fully saturated rings. The number of hydrogen-bond donors (Lipinski definition) is 0. The third kappa shape index (κ3) is 5.99. The van der Waals surface area contributed by atoms with Gasteiger partial charge in [-0.15, -0.1) is 0 Å². The Morgan fingerprint density at radius 3 is 1.56 bits per heavy atom. The summed E-state index contributed by atoms with van der Waals surface area (Å²) in [6, 6.07) is 13.5. The van der Waals surface area contributed by atoms with Crippen molar-refractivity contribution in [2.24, 2.45) is 0 Å². The lowest BCUT2D eigenvalue weighted by atomic mass is 9.75. The summed E-state index contributed by atoms with van der Waals surface area (Å²) in [4.78, 5) is 0. The fourth-order valence-corrected chi connectivity index (χ4v) is 7.66. The smallest absolute Gasteiger partial charge is 0.212 e. The normalized spacial score (nSPS) is 21.8. The lowest BCUT2D eigenvalue weighted by Crippen LogP contribution is -2.22. The highest BCUT2D eigenvalue weighted by Gasteiger charge is 2.31. The number of ether oxygens (including phenoxy) is 1. The van der Waals surface area contributed by atoms with Crippen LogP contribution in [0.1, 0.15) is 142 Å². The zero-order chi connectivity index (χ0) is 25.0. The van der Waals surface area contributed by atoms with E-state index in [0.717, 1.165) is 25.7 Å². The van der Waals surface area contributed by atoms with Crippen LogP contribution in [-0.2, 0) is 10.1 Å². The van der Waals surface area contributed by atoms with Crippen LogP contribution < -0.4 is 4.74 Å². The van der Waals surface area contributed by atoms with Gasteiger partial charge in [-0.05, 0) is 73.0 Å². The lowest BCUT2D eigenvalue weighted by Gasteiger charge is -2.34. The van der Waals surface area contributed by atoms with E-state index >= 15 is 0 Å². The minimum absolute atomic E-state index is 0.366. The Morgan fingerprint density at radius 1 is 0.667 bits per heavy atom. The SMILES string of the molecule is O=S(=O)([O-])C(Oc1c(C2CCCCC2)cc(C2CCCCC2)cc1C1CCCCC1)c1ccccc1. The van der Waals surface area contributed by atoms with Crippen molar-refractivity contribution in [3.8, 4) is 5.75 Å². The minimum Gasteiger partial charge on any atom is -0.745 e. The van der Waals surface area contributed by atoms with Crippen LogP contribution in [-0.4, -0.2) is 13.0 Å². The summed E-state index contributed by atoms with van der Waals surface area (Å²) < 4.78 is 44.1. The molecule has 0 aliphatic heterocycles. The molecule has 36 heavy (non-hydrogen) atoms. The molecule has 1 unspecified atom stereocenters. The average Bonchev–Trinajstić information content (AvgIpc) is 2.92. The molecular weight excluding hydrogens is 468 g/mol. The first-order valence-electron chi connectivity index (χ1n) is 14.3. The number of rotatable bonds is 7. The maximum Gasteiger partial charge on any atom is 0.212 e. The Balaban J connectivity index is 1.64. The summed E-state index contributed by atoms with van der Waals surface area (Å²) in [5.74, 6) is 2.02. The van der Waals surface area contributed by atoms with E-state index in [4.69, 9.17) is 4.74 Å². The molecule has 5 rings (SSSR count). The molecule has 0 heterocycles. The largest absolute Gasteiger partial charge is 0.745 e. The number of benzene rings is 2. The number of hydrogen-bond acceptors (Lipinski definition) is 4. The van der Waals surface area contributed by atoms with E-state index in [1.807, 2.05) is 6.07 Å². The second-order valence-electron chi connectivity index (χ2n) is 11.4. The predicted molar refractivity (Wildman–Crippen MR) is 143 cm³/mol. The molecular formula is C31H41O4S-. The Kier molecular flexibility index (Phi) is 8.37. The van der Waals surface area contributed by atoms with Crippen LogP contribution in [0.15, 0.2) is 42.5 Å². The monoisotopic (exact) mass is 509 g/mol. The molecule has 2 aromatic rings. The van der Waals surface area contributed by atoms with Crippen molar-refractivity contribution < 1.29 is 17.7 Å². The molecule has 0 saturated heterocycles. The first-order chi connectivity index (χ1) is 17.5. The molecule has 2 aromatic carbocycles. The second kappa shape index (κ2) is 11.7. The van der Waals surface area contributed by atoms with Crippen molar-refractivity contribution in [2.45, 2.75) is 120 Å². The van der Waals surface area contributed by atoms with Gasteiger partial charge in [-0.25, -0.2) is 8.42 Å². The maximum absolute atomic E-state index is 12.5. The third-order valence-corrected chi connectivity index (χ3v) is 9.79. The lowest BCUT2D eigenvalue weighted by molar-refractivity contribution is 0.248. The average molecular weight is 510 g/mol. The molecule has 5 heteroatoms. The van der Waals surface area contributed by atoms with Crippen molar-refractivity contribution in [1.82, 2.24) is 0 Å². The first kappa shape index (κ1) is 25.8. The van der Waals surface area contributed by atoms with E-state index in [-0.39, 0.29) is 0 Å². The van der Waals surface area contributed by atoms with Gasteiger partial charge in [0, 0.05) is 5.56 Å². The summed E-state index contributed by atoms with van der Waals surface area (Å²) in [5.41, 5.74) is 2.65. The third-order valence-electron chi connectivity index (χ3n) is 8.89. The van der Waals surface area contributed by atoms with E-state index in [1.54, 1.807) is 24.3 Å². The molecule has 3 aliphatic rings. The first-order valence-corrected chi connectivity index (χ1v) is 15.8. The van der Waals surface area contributed by atoms with Crippen molar-refractivity contribution in [3.05, 3.63) is 64.7 Å². The molecule has 0 N–H and O–H groups in total. The van der Waals surface area contributed by atoms with Crippen LogP contribution in [0.25, 0.3) is 0 Å². The highest BCUT2D eigenvalue weighted by Crippen LogP contribution is 2.48. The van der Waals surface area contributed by atoms with E-state index in [2.05, 4.69) is 12.1 Å². The van der Waals surface area contributed by atoms with Gasteiger partial charge in [0.2, 0.25) is 5.44 Å². The molecule has 0 spiro atoms. The Bertz CT molecular complexity index is 1050. The standard InChI is InChI=1S/C31H42O4S/c32-36(33,34)31(26-19-11-4-12-20-26)35-30-28(24-15-7-2-8-16-24)21-27(23-13-5-1-6-14-23)22-29(30)25-17-9-3-10-18-25/h4,11-12,19-25,31H,1-3,5-10,13-18H2,(H,32,33,34)/p-1. The molecule has 0 radical (unpaired) electrons. The van der Waals surface area contributed by atoms with Gasteiger partial charge in [-0.3, -0.25) is 0 Å². The Labute approximate surface area is 217 Å². The van der Waals surface area contributed by atoms with Crippen molar-refractivity contribution >= 4 is 10.1 Å². The van der Waals surface area contributed by atoms with Gasteiger partial charge in [0.05, 0.1) is 0 Å². The fourth-order valence-electron chi connectivity index (χ4n) is 6.95. The van der Waals surface area contributed by atoms with E-state index in [0.29, 0.717) is 29.1 Å². The van der Waals surface area contributed by atoms with Crippen LogP contribution in [0, 0.1) is 0 Å². The van der Waals surface area contributed by atoms with Gasteiger partial charge in [0.25, 0.3) is 0 Å². The van der Waals surface area contributed by atoms with Crippen LogP contribution in [0.4, 0.5) is 0 Å². The van der Waals surface area contributed by atoms with Gasteiger partial charge in [-0.2, -0.15) is 0 Å². The molecule has 0 aromatic heterocycles. The van der Waals surface area contributed by atoms with Gasteiger partial charge < -0.3 is 9.29 Å². The minimum atomic E-state index is -4.71. The van der Waals surface area contributed by atoms with Gasteiger partial charge >= 0.3 is 0 Å². The zero-order valence-corrected chi connectivity index (χ0v) is 22.3. The summed E-state index contributed by atoms with van der Waals surface area (Å²) in [7, 11) is -4.71. The maximum atomic E-state index is 12.5. The van der Waals surface area contributed by atoms with Crippen molar-refractivity contribution in [2.75, 3.05) is 0 Å². The summed E-state index contributed by atoms with van der Waals surface area (Å²) >= 11 is 0. The van der Waals surface area contributed by atoms with E-state index in [1.165, 1.54) is 87.3 Å². The molecule has 0 amide bonds. The zero-order valence-electron chi connectivity index (χ0n) is 21.5. The highest BCUT2D eigenvalue weighted by molar-refractivity contribution is 7.85. The molecule has 1 atom stereocenters. The van der Waals surface area contributed by atoms with Gasteiger partial charge in [0.1, 0.15) is 15.9 Å². The predicted octanol–water partition coefficient (Wildman–Crippen LogP) is 8.45. The molecule has 3 aliphatic carbocycles. The molecule has 3 saturated carbocycles. The quantitative estimate of drug-likeness (QED) is 0.351. The van der Waals surface area contributed by atoms with Crippen LogP contribution in [0.5, 0.6) is 5.75 Å². The van der Waals surface area contributed by atoms with E-state index in [9.17, 15) is 13.0 Å². The topological polar surface area (TPSA) is 66.4 Å². The molecule has 0 bridgehead atoms. The van der Waals surface area contributed by atoms with E-state index < -0.39 is 15.6 Å². The second-order valence-corrected chi connectivity index (χ2v) is 12.8. The van der Waals surface area contributed by atoms with Gasteiger partial charge in [0.15, 0.2) is 0 Å². The summed E-state index contributed by atoms with van der Waals surface area (Å²) in [5, 5.41) is 0. The summed E-state index contributed by atoms with van der Waals surface area (Å²) in [6.45, 7) is 0. The Hall–Kier alpha value is -1.85. The molecule has 4 nitrogen and oxygen atoms in total. The highest BCUT2D eigenvalue weighted by atomic mass is 32.2. The van der Waals surface area contributed by atoms with Crippen molar-refractivity contribution in [3.63, 3.8) is 0 Å².